The summed E-state index contributed by atoms with van der Waals surface area (Å²) in [4.78, 5) is 0. The van der Waals surface area contributed by atoms with Crippen molar-refractivity contribution >= 4 is 9.84 Å². The lowest BCUT2D eigenvalue weighted by Gasteiger charge is -2.17. The van der Waals surface area contributed by atoms with Crippen molar-refractivity contribution in [1.29, 1.82) is 0 Å². The number of sulfone groups is 1. The standard InChI is InChI=1S/C10H19N3O2S/c1-6-16(14,15)7-8-9(10(2,3)4)11-12-13(8)5/h6-7H2,1-5H3. The summed E-state index contributed by atoms with van der Waals surface area (Å²) in [7, 11) is -1.32. The molecule has 0 aliphatic heterocycles. The van der Waals surface area contributed by atoms with E-state index in [4.69, 9.17) is 0 Å². The molecule has 1 heterocycles. The Morgan fingerprint density at radius 2 is 1.88 bits per heavy atom. The number of aryl methyl sites for hydroxylation is 1. The van der Waals surface area contributed by atoms with E-state index in [1.165, 1.54) is 0 Å². The van der Waals surface area contributed by atoms with Crippen LogP contribution in [0.4, 0.5) is 0 Å². The molecule has 92 valence electrons. The van der Waals surface area contributed by atoms with Gasteiger partial charge in [0.05, 0.1) is 17.1 Å². The van der Waals surface area contributed by atoms with Crippen molar-refractivity contribution in [2.75, 3.05) is 5.75 Å². The molecule has 16 heavy (non-hydrogen) atoms. The summed E-state index contributed by atoms with van der Waals surface area (Å²) in [6.07, 6.45) is 0. The lowest BCUT2D eigenvalue weighted by atomic mass is 9.91. The molecule has 5 nitrogen and oxygen atoms in total. The Balaban J connectivity index is 3.19. The zero-order valence-corrected chi connectivity index (χ0v) is 11.3. The quantitative estimate of drug-likeness (QED) is 0.798. The molecule has 0 fully saturated rings. The molecule has 0 saturated carbocycles. The number of aromatic nitrogens is 3. The van der Waals surface area contributed by atoms with E-state index < -0.39 is 9.84 Å². The van der Waals surface area contributed by atoms with Crippen LogP contribution < -0.4 is 0 Å². The molecule has 1 aromatic rings. The highest BCUT2D eigenvalue weighted by atomic mass is 32.2. The van der Waals surface area contributed by atoms with Gasteiger partial charge in [-0.15, -0.1) is 5.10 Å². The van der Waals surface area contributed by atoms with Gasteiger partial charge in [-0.3, -0.25) is 4.68 Å². The molecular formula is C10H19N3O2S. The molecule has 0 bridgehead atoms. The van der Waals surface area contributed by atoms with Gasteiger partial charge in [-0.05, 0) is 0 Å². The Kier molecular flexibility index (Phi) is 3.42. The predicted octanol–water partition coefficient (Wildman–Crippen LogP) is 1.05. The average Bonchev–Trinajstić information content (AvgIpc) is 2.47. The van der Waals surface area contributed by atoms with Gasteiger partial charge in [-0.2, -0.15) is 0 Å². The van der Waals surface area contributed by atoms with Crippen molar-refractivity contribution in [3.05, 3.63) is 11.4 Å². The fourth-order valence-electron chi connectivity index (χ4n) is 1.43. The normalized spacial score (nSPS) is 13.1. The minimum Gasteiger partial charge on any atom is -0.251 e. The van der Waals surface area contributed by atoms with Gasteiger partial charge in [-0.1, -0.05) is 32.9 Å². The molecule has 0 aliphatic carbocycles. The van der Waals surface area contributed by atoms with Gasteiger partial charge >= 0.3 is 0 Å². The molecule has 0 amide bonds. The fourth-order valence-corrected chi connectivity index (χ4v) is 2.38. The van der Waals surface area contributed by atoms with Gasteiger partial charge in [0, 0.05) is 18.2 Å². The molecule has 0 unspecified atom stereocenters. The Labute approximate surface area is 96.8 Å². The molecule has 0 saturated heterocycles. The van der Waals surface area contributed by atoms with Gasteiger partial charge in [0.2, 0.25) is 0 Å². The van der Waals surface area contributed by atoms with Crippen LogP contribution >= 0.6 is 0 Å². The minimum absolute atomic E-state index is 0.0135. The van der Waals surface area contributed by atoms with Crippen molar-refractivity contribution in [2.24, 2.45) is 7.05 Å². The SMILES string of the molecule is CCS(=O)(=O)Cc1c(C(C)(C)C)nnn1C. The molecule has 6 heteroatoms. The third-order valence-corrected chi connectivity index (χ3v) is 4.04. The van der Waals surface area contributed by atoms with E-state index in [0.29, 0.717) is 5.69 Å². The number of hydrogen-bond donors (Lipinski definition) is 0. The van der Waals surface area contributed by atoms with Crippen LogP contribution in [0.5, 0.6) is 0 Å². The van der Waals surface area contributed by atoms with Crippen LogP contribution in [-0.2, 0) is 28.1 Å². The van der Waals surface area contributed by atoms with Gasteiger partial charge < -0.3 is 0 Å². The largest absolute Gasteiger partial charge is 0.251 e. The van der Waals surface area contributed by atoms with Crippen molar-refractivity contribution in [2.45, 2.75) is 38.9 Å². The van der Waals surface area contributed by atoms with E-state index in [0.717, 1.165) is 5.69 Å². The summed E-state index contributed by atoms with van der Waals surface area (Å²) in [5, 5.41) is 7.96. The Morgan fingerprint density at radius 1 is 1.31 bits per heavy atom. The fraction of sp³-hybridized carbons (Fsp3) is 0.800. The topological polar surface area (TPSA) is 64.8 Å². The van der Waals surface area contributed by atoms with Crippen LogP contribution in [0.2, 0.25) is 0 Å². The lowest BCUT2D eigenvalue weighted by Crippen LogP contribution is -2.18. The maximum atomic E-state index is 11.6. The second-order valence-corrected chi connectivity index (χ2v) is 7.29. The molecule has 0 aliphatic rings. The zero-order valence-electron chi connectivity index (χ0n) is 10.5. The van der Waals surface area contributed by atoms with E-state index in [-0.39, 0.29) is 16.9 Å². The summed E-state index contributed by atoms with van der Waals surface area (Å²) < 4.78 is 24.8. The first-order chi connectivity index (χ1) is 7.17. The number of hydrogen-bond acceptors (Lipinski definition) is 4. The summed E-state index contributed by atoms with van der Waals surface area (Å²) >= 11 is 0. The maximum Gasteiger partial charge on any atom is 0.155 e. The highest BCUT2D eigenvalue weighted by Crippen LogP contribution is 2.24. The first kappa shape index (κ1) is 13.2. The van der Waals surface area contributed by atoms with Gasteiger partial charge in [0.1, 0.15) is 0 Å². The van der Waals surface area contributed by atoms with Gasteiger partial charge in [0.15, 0.2) is 9.84 Å². The summed E-state index contributed by atoms with van der Waals surface area (Å²) in [5.41, 5.74) is 1.26. The Hall–Kier alpha value is -0.910. The molecule has 0 N–H and O–H groups in total. The molecule has 0 aromatic carbocycles. The van der Waals surface area contributed by atoms with E-state index >= 15 is 0 Å². The molecular weight excluding hydrogens is 226 g/mol. The Morgan fingerprint density at radius 3 is 2.31 bits per heavy atom. The smallest absolute Gasteiger partial charge is 0.155 e. The lowest BCUT2D eigenvalue weighted by molar-refractivity contribution is 0.560. The van der Waals surface area contributed by atoms with Crippen LogP contribution in [-0.4, -0.2) is 29.2 Å². The van der Waals surface area contributed by atoms with E-state index in [1.54, 1.807) is 18.7 Å². The zero-order chi connectivity index (χ0) is 12.6. The summed E-state index contributed by atoms with van der Waals surface area (Å²) in [6.45, 7) is 7.65. The van der Waals surface area contributed by atoms with Gasteiger partial charge in [-0.25, -0.2) is 8.42 Å². The van der Waals surface area contributed by atoms with Gasteiger partial charge in [0.25, 0.3) is 0 Å². The van der Waals surface area contributed by atoms with Crippen molar-refractivity contribution in [1.82, 2.24) is 15.0 Å². The van der Waals surface area contributed by atoms with E-state index in [1.807, 2.05) is 20.8 Å². The van der Waals surface area contributed by atoms with E-state index in [9.17, 15) is 8.42 Å². The molecule has 0 radical (unpaired) electrons. The molecule has 0 atom stereocenters. The third kappa shape index (κ3) is 2.81. The van der Waals surface area contributed by atoms with Crippen LogP contribution in [0.25, 0.3) is 0 Å². The van der Waals surface area contributed by atoms with Crippen LogP contribution in [0, 0.1) is 0 Å². The molecule has 1 aromatic heterocycles. The van der Waals surface area contributed by atoms with Crippen molar-refractivity contribution < 1.29 is 8.42 Å². The number of rotatable bonds is 3. The third-order valence-electron chi connectivity index (χ3n) is 2.45. The molecule has 0 spiro atoms. The van der Waals surface area contributed by atoms with Crippen molar-refractivity contribution in [3.63, 3.8) is 0 Å². The Bertz CT molecular complexity index is 469. The summed E-state index contributed by atoms with van der Waals surface area (Å²) in [5.74, 6) is 0.154. The van der Waals surface area contributed by atoms with E-state index in [2.05, 4.69) is 10.3 Å². The first-order valence-corrected chi connectivity index (χ1v) is 7.09. The summed E-state index contributed by atoms with van der Waals surface area (Å²) in [6, 6.07) is 0. The van der Waals surface area contributed by atoms with Crippen LogP contribution in [0.15, 0.2) is 0 Å². The van der Waals surface area contributed by atoms with Crippen molar-refractivity contribution in [3.8, 4) is 0 Å². The molecule has 1 rings (SSSR count). The monoisotopic (exact) mass is 245 g/mol. The van der Waals surface area contributed by atoms with Crippen LogP contribution in [0.3, 0.4) is 0 Å². The van der Waals surface area contributed by atoms with Crippen LogP contribution in [0.1, 0.15) is 39.1 Å². The number of nitrogens with zero attached hydrogens (tertiary/aromatic N) is 3. The maximum absolute atomic E-state index is 11.6. The first-order valence-electron chi connectivity index (χ1n) is 5.27. The second kappa shape index (κ2) is 4.16. The highest BCUT2D eigenvalue weighted by Gasteiger charge is 2.26. The second-order valence-electron chi connectivity index (χ2n) is 4.93. The average molecular weight is 245 g/mol. The predicted molar refractivity (Wildman–Crippen MR) is 62.9 cm³/mol. The highest BCUT2D eigenvalue weighted by molar-refractivity contribution is 7.90. The minimum atomic E-state index is -3.05.